The first-order valence-corrected chi connectivity index (χ1v) is 7.83. The molecule has 18 heavy (non-hydrogen) atoms. The number of rotatable bonds is 2. The van der Waals surface area contributed by atoms with Crippen LogP contribution in [0.3, 0.4) is 0 Å². The van der Waals surface area contributed by atoms with Gasteiger partial charge in [0.15, 0.2) is 0 Å². The molecular weight excluding hydrogens is 330 g/mol. The van der Waals surface area contributed by atoms with Crippen molar-refractivity contribution in [3.05, 3.63) is 57.5 Å². The van der Waals surface area contributed by atoms with Gasteiger partial charge in [-0.25, -0.2) is 0 Å². The summed E-state index contributed by atoms with van der Waals surface area (Å²) in [7, 11) is 0. The smallest absolute Gasteiger partial charge is 0.0618 e. The lowest BCUT2D eigenvalue weighted by Gasteiger charge is -2.15. The van der Waals surface area contributed by atoms with Crippen molar-refractivity contribution in [2.24, 2.45) is 0 Å². The van der Waals surface area contributed by atoms with Gasteiger partial charge in [-0.05, 0) is 45.8 Å². The molecule has 2 aromatic rings. The maximum absolute atomic E-state index is 6.11. The highest BCUT2D eigenvalue weighted by atomic mass is 79.9. The molecule has 1 nitrogen and oxygen atoms in total. The van der Waals surface area contributed by atoms with Crippen molar-refractivity contribution in [1.82, 2.24) is 0 Å². The van der Waals surface area contributed by atoms with Crippen molar-refractivity contribution >= 4 is 45.0 Å². The number of hydrogen-bond donors (Lipinski definition) is 1. The maximum atomic E-state index is 6.11. The molecule has 0 spiro atoms. The highest BCUT2D eigenvalue weighted by molar-refractivity contribution is 9.10. The third-order valence-corrected chi connectivity index (χ3v) is 5.38. The van der Waals surface area contributed by atoms with E-state index < -0.39 is 0 Å². The normalized spacial score (nSPS) is 17.6. The lowest BCUT2D eigenvalue weighted by Crippen LogP contribution is -2.09. The molecule has 1 heterocycles. The number of anilines is 1. The van der Waals surface area contributed by atoms with Crippen LogP contribution in [0, 0.1) is 0 Å². The molecule has 1 unspecified atom stereocenters. The van der Waals surface area contributed by atoms with Gasteiger partial charge in [-0.3, -0.25) is 0 Å². The highest BCUT2D eigenvalue weighted by Crippen LogP contribution is 2.40. The van der Waals surface area contributed by atoms with Gasteiger partial charge in [0.05, 0.1) is 11.1 Å². The Kier molecular flexibility index (Phi) is 3.55. The fourth-order valence-corrected chi connectivity index (χ4v) is 3.66. The molecule has 0 radical (unpaired) electrons. The lowest BCUT2D eigenvalue weighted by atomic mass is 10.1. The maximum Gasteiger partial charge on any atom is 0.0618 e. The van der Waals surface area contributed by atoms with Crippen LogP contribution in [0.5, 0.6) is 0 Å². The summed E-state index contributed by atoms with van der Waals surface area (Å²) in [5.74, 6) is 1.06. The predicted octanol–water partition coefficient (Wildman–Crippen LogP) is 5.36. The van der Waals surface area contributed by atoms with Gasteiger partial charge < -0.3 is 5.32 Å². The summed E-state index contributed by atoms with van der Waals surface area (Å²) in [6, 6.07) is 14.9. The van der Waals surface area contributed by atoms with Crippen molar-refractivity contribution in [2.75, 3.05) is 11.1 Å². The van der Waals surface area contributed by atoms with Crippen molar-refractivity contribution < 1.29 is 0 Å². The summed E-state index contributed by atoms with van der Waals surface area (Å²) in [5.41, 5.74) is 2.44. The Morgan fingerprint density at radius 2 is 2.06 bits per heavy atom. The minimum Gasteiger partial charge on any atom is -0.377 e. The van der Waals surface area contributed by atoms with Gasteiger partial charge in [0.2, 0.25) is 0 Å². The molecule has 1 atom stereocenters. The first kappa shape index (κ1) is 12.4. The minimum atomic E-state index is 0.364. The van der Waals surface area contributed by atoms with E-state index in [0.717, 1.165) is 20.9 Å². The van der Waals surface area contributed by atoms with Crippen LogP contribution in [0.1, 0.15) is 11.6 Å². The van der Waals surface area contributed by atoms with Crippen LogP contribution in [0.4, 0.5) is 5.69 Å². The zero-order valence-corrected chi connectivity index (χ0v) is 12.6. The summed E-state index contributed by atoms with van der Waals surface area (Å²) >= 11 is 11.4. The summed E-state index contributed by atoms with van der Waals surface area (Å²) in [5, 5.41) is 4.27. The van der Waals surface area contributed by atoms with Crippen molar-refractivity contribution in [3.8, 4) is 0 Å². The van der Waals surface area contributed by atoms with Crippen LogP contribution in [-0.4, -0.2) is 5.75 Å². The monoisotopic (exact) mass is 339 g/mol. The van der Waals surface area contributed by atoms with Crippen LogP contribution >= 0.6 is 39.3 Å². The summed E-state index contributed by atoms with van der Waals surface area (Å²) in [6.45, 7) is 0. The minimum absolute atomic E-state index is 0.364. The number of hydrogen-bond acceptors (Lipinski definition) is 2. The van der Waals surface area contributed by atoms with Gasteiger partial charge in [-0.15, -0.1) is 11.8 Å². The average Bonchev–Trinajstić information content (AvgIpc) is 2.78. The third kappa shape index (κ3) is 2.40. The number of thioether (sulfide) groups is 1. The molecule has 0 fully saturated rings. The Bertz CT molecular complexity index is 588. The molecule has 0 bridgehead atoms. The van der Waals surface area contributed by atoms with E-state index in [4.69, 9.17) is 11.6 Å². The van der Waals surface area contributed by atoms with Gasteiger partial charge in [-0.2, -0.15) is 0 Å². The topological polar surface area (TPSA) is 12.0 Å². The molecule has 0 saturated heterocycles. The van der Waals surface area contributed by atoms with Crippen LogP contribution in [-0.2, 0) is 0 Å². The van der Waals surface area contributed by atoms with Gasteiger partial charge in [0.25, 0.3) is 0 Å². The van der Waals surface area contributed by atoms with Crippen LogP contribution in [0.2, 0.25) is 5.02 Å². The van der Waals surface area contributed by atoms with Crippen LogP contribution < -0.4 is 5.32 Å². The molecular formula is C14H11BrClNS. The Balaban J connectivity index is 1.84. The van der Waals surface area contributed by atoms with E-state index >= 15 is 0 Å². The molecule has 92 valence electrons. The Morgan fingerprint density at radius 3 is 2.89 bits per heavy atom. The van der Waals surface area contributed by atoms with Gasteiger partial charge in [0, 0.05) is 20.8 Å². The van der Waals surface area contributed by atoms with E-state index in [1.54, 1.807) is 0 Å². The standard InChI is InChI=1S/C14H11BrClNS/c15-11-6-5-9(7-12(11)16)17-13-8-18-14-4-2-1-3-10(13)14/h1-7,13,17H,8H2. The van der Waals surface area contributed by atoms with Gasteiger partial charge >= 0.3 is 0 Å². The Morgan fingerprint density at radius 1 is 1.22 bits per heavy atom. The fraction of sp³-hybridized carbons (Fsp3) is 0.143. The summed E-state index contributed by atoms with van der Waals surface area (Å²) < 4.78 is 0.927. The molecule has 2 aromatic carbocycles. The second kappa shape index (κ2) is 5.16. The summed E-state index contributed by atoms with van der Waals surface area (Å²) in [6.07, 6.45) is 0. The SMILES string of the molecule is Clc1cc(NC2CSc3ccccc32)ccc1Br. The largest absolute Gasteiger partial charge is 0.377 e. The lowest BCUT2D eigenvalue weighted by molar-refractivity contribution is 0.900. The number of halogens is 2. The van der Waals surface area contributed by atoms with Crippen LogP contribution in [0.15, 0.2) is 51.8 Å². The number of nitrogens with one attached hydrogen (secondary N) is 1. The zero-order chi connectivity index (χ0) is 12.5. The van der Waals surface area contributed by atoms with E-state index in [1.807, 2.05) is 30.0 Å². The molecule has 1 aliphatic rings. The van der Waals surface area contributed by atoms with Crippen molar-refractivity contribution in [3.63, 3.8) is 0 Å². The summed E-state index contributed by atoms with van der Waals surface area (Å²) in [4.78, 5) is 1.37. The number of fused-ring (bicyclic) bond motifs is 1. The first-order valence-electron chi connectivity index (χ1n) is 5.67. The van der Waals surface area contributed by atoms with Crippen molar-refractivity contribution in [1.29, 1.82) is 0 Å². The van der Waals surface area contributed by atoms with Gasteiger partial charge in [-0.1, -0.05) is 29.8 Å². The molecule has 1 aliphatic heterocycles. The average molecular weight is 341 g/mol. The van der Waals surface area contributed by atoms with E-state index in [-0.39, 0.29) is 0 Å². The van der Waals surface area contributed by atoms with Crippen molar-refractivity contribution in [2.45, 2.75) is 10.9 Å². The molecule has 0 amide bonds. The molecule has 4 heteroatoms. The van der Waals surface area contributed by atoms with E-state index in [2.05, 4.69) is 45.5 Å². The fourth-order valence-electron chi connectivity index (χ4n) is 2.07. The highest BCUT2D eigenvalue weighted by Gasteiger charge is 2.22. The van der Waals surface area contributed by atoms with E-state index in [1.165, 1.54) is 10.5 Å². The van der Waals surface area contributed by atoms with Gasteiger partial charge in [0.1, 0.15) is 0 Å². The molecule has 1 N–H and O–H groups in total. The molecule has 0 aromatic heterocycles. The second-order valence-electron chi connectivity index (χ2n) is 4.17. The van der Waals surface area contributed by atoms with E-state index in [9.17, 15) is 0 Å². The predicted molar refractivity (Wildman–Crippen MR) is 82.7 cm³/mol. The molecule has 0 aliphatic carbocycles. The quantitative estimate of drug-likeness (QED) is 0.789. The second-order valence-corrected chi connectivity index (χ2v) is 6.50. The molecule has 0 saturated carbocycles. The third-order valence-electron chi connectivity index (χ3n) is 2.96. The van der Waals surface area contributed by atoms with E-state index in [0.29, 0.717) is 6.04 Å². The zero-order valence-electron chi connectivity index (χ0n) is 9.49. The Labute approximate surface area is 124 Å². The first-order chi connectivity index (χ1) is 8.74. The van der Waals surface area contributed by atoms with Crippen LogP contribution in [0.25, 0.3) is 0 Å². The Hall–Kier alpha value is -0.640. The molecule has 3 rings (SSSR count). The number of benzene rings is 2.